The van der Waals surface area contributed by atoms with E-state index < -0.39 is 10.0 Å². The van der Waals surface area contributed by atoms with Gasteiger partial charge in [0.2, 0.25) is 0 Å². The molecule has 2 aromatic heterocycles. The third kappa shape index (κ3) is 2.21. The molecule has 0 saturated heterocycles. The van der Waals surface area contributed by atoms with E-state index in [-0.39, 0.29) is 18.2 Å². The predicted molar refractivity (Wildman–Crippen MR) is 70.0 cm³/mol. The molecule has 0 unspecified atom stereocenters. The first-order valence-corrected chi connectivity index (χ1v) is 7.61. The molecule has 2 aromatic rings. The van der Waals surface area contributed by atoms with Gasteiger partial charge in [-0.2, -0.15) is 4.31 Å². The Balaban J connectivity index is 1.88. The Hall–Kier alpha value is -1.77. The van der Waals surface area contributed by atoms with Crippen molar-refractivity contribution in [1.82, 2.24) is 18.8 Å². The zero-order chi connectivity index (χ0) is 14.2. The summed E-state index contributed by atoms with van der Waals surface area (Å²) in [7, 11) is -3.62. The van der Waals surface area contributed by atoms with E-state index in [1.807, 2.05) is 10.8 Å². The number of fused-ring (bicyclic) bond motifs is 1. The average molecular weight is 294 g/mol. The minimum absolute atomic E-state index is 0.00490. The molecule has 0 amide bonds. The fourth-order valence-corrected chi connectivity index (χ4v) is 3.44. The predicted octanol–water partition coefficient (Wildman–Crippen LogP) is -0.0251. The van der Waals surface area contributed by atoms with Crippen LogP contribution in [-0.4, -0.2) is 38.9 Å². The molecule has 3 rings (SSSR count). The van der Waals surface area contributed by atoms with Gasteiger partial charge >= 0.3 is 0 Å². The smallest absolute Gasteiger partial charge is 0.260 e. The van der Waals surface area contributed by atoms with Crippen molar-refractivity contribution in [3.63, 3.8) is 0 Å². The van der Waals surface area contributed by atoms with Gasteiger partial charge in [-0.15, -0.1) is 0 Å². The maximum atomic E-state index is 12.5. The van der Waals surface area contributed by atoms with Gasteiger partial charge in [-0.05, 0) is 11.6 Å². The van der Waals surface area contributed by atoms with Crippen molar-refractivity contribution >= 4 is 10.0 Å². The summed E-state index contributed by atoms with van der Waals surface area (Å²) in [5.41, 5.74) is 0.582. The van der Waals surface area contributed by atoms with Gasteiger partial charge < -0.3 is 9.67 Å². The number of sulfonamides is 1. The SMILES string of the molecule is O=S(=O)(c1ccc(CO)cn1)N1CCn2ccnc2C1. The van der Waals surface area contributed by atoms with Crippen molar-refractivity contribution in [3.8, 4) is 0 Å². The minimum Gasteiger partial charge on any atom is -0.392 e. The van der Waals surface area contributed by atoms with Crippen molar-refractivity contribution in [3.05, 3.63) is 42.1 Å². The van der Waals surface area contributed by atoms with Gasteiger partial charge in [0.1, 0.15) is 5.82 Å². The van der Waals surface area contributed by atoms with E-state index in [2.05, 4.69) is 9.97 Å². The van der Waals surface area contributed by atoms with Crippen molar-refractivity contribution in [2.24, 2.45) is 0 Å². The van der Waals surface area contributed by atoms with E-state index in [1.165, 1.54) is 16.6 Å². The van der Waals surface area contributed by atoms with Crippen LogP contribution in [0.5, 0.6) is 0 Å². The summed E-state index contributed by atoms with van der Waals surface area (Å²) >= 11 is 0. The number of hydrogen-bond donors (Lipinski definition) is 1. The topological polar surface area (TPSA) is 88.3 Å². The zero-order valence-electron chi connectivity index (χ0n) is 10.7. The molecule has 7 nitrogen and oxygen atoms in total. The Morgan fingerprint density at radius 3 is 2.80 bits per heavy atom. The van der Waals surface area contributed by atoms with E-state index in [0.29, 0.717) is 18.7 Å². The van der Waals surface area contributed by atoms with Gasteiger partial charge in [-0.1, -0.05) is 6.07 Å². The quantitative estimate of drug-likeness (QED) is 0.859. The summed E-state index contributed by atoms with van der Waals surface area (Å²) in [5.74, 6) is 0.729. The van der Waals surface area contributed by atoms with Crippen LogP contribution in [0.25, 0.3) is 0 Å². The highest BCUT2D eigenvalue weighted by Crippen LogP contribution is 2.19. The van der Waals surface area contributed by atoms with Gasteiger partial charge in [-0.3, -0.25) is 0 Å². The summed E-state index contributed by atoms with van der Waals surface area (Å²) in [4.78, 5) is 8.07. The maximum absolute atomic E-state index is 12.5. The largest absolute Gasteiger partial charge is 0.392 e. The van der Waals surface area contributed by atoms with Gasteiger partial charge in [-0.25, -0.2) is 18.4 Å². The summed E-state index contributed by atoms with van der Waals surface area (Å²) in [6, 6.07) is 2.98. The lowest BCUT2D eigenvalue weighted by atomic mass is 10.3. The number of pyridine rings is 1. The number of imidazole rings is 1. The molecule has 0 spiro atoms. The average Bonchev–Trinajstić information content (AvgIpc) is 2.94. The molecular weight excluding hydrogens is 280 g/mol. The first-order valence-electron chi connectivity index (χ1n) is 6.17. The van der Waals surface area contributed by atoms with Crippen molar-refractivity contribution in [1.29, 1.82) is 0 Å². The number of rotatable bonds is 3. The Kier molecular flexibility index (Phi) is 3.28. The van der Waals surface area contributed by atoms with Gasteiger partial charge in [0.15, 0.2) is 5.03 Å². The zero-order valence-corrected chi connectivity index (χ0v) is 11.5. The second kappa shape index (κ2) is 4.97. The minimum atomic E-state index is -3.62. The number of nitrogens with zero attached hydrogens (tertiary/aromatic N) is 4. The molecule has 20 heavy (non-hydrogen) atoms. The lowest BCUT2D eigenvalue weighted by molar-refractivity contribution is 0.281. The molecule has 0 atom stereocenters. The fourth-order valence-electron chi connectivity index (χ4n) is 2.15. The summed E-state index contributed by atoms with van der Waals surface area (Å²) < 4.78 is 28.3. The van der Waals surface area contributed by atoms with Crippen LogP contribution in [0.3, 0.4) is 0 Å². The van der Waals surface area contributed by atoms with Gasteiger partial charge in [0.25, 0.3) is 10.0 Å². The van der Waals surface area contributed by atoms with E-state index >= 15 is 0 Å². The summed E-state index contributed by atoms with van der Waals surface area (Å²) in [5, 5.41) is 8.95. The van der Waals surface area contributed by atoms with E-state index in [9.17, 15) is 8.42 Å². The van der Waals surface area contributed by atoms with Crippen molar-refractivity contribution in [2.75, 3.05) is 6.54 Å². The molecular formula is C12H14N4O3S. The molecule has 3 heterocycles. The van der Waals surface area contributed by atoms with Crippen LogP contribution in [-0.2, 0) is 29.7 Å². The third-order valence-electron chi connectivity index (χ3n) is 3.29. The van der Waals surface area contributed by atoms with Crippen LogP contribution in [0, 0.1) is 0 Å². The molecule has 0 radical (unpaired) electrons. The number of aliphatic hydroxyl groups is 1. The van der Waals surface area contributed by atoms with E-state index in [0.717, 1.165) is 5.82 Å². The molecule has 1 aliphatic heterocycles. The Morgan fingerprint density at radius 2 is 2.10 bits per heavy atom. The second-order valence-corrected chi connectivity index (χ2v) is 6.42. The van der Waals surface area contributed by atoms with Crippen LogP contribution in [0.4, 0.5) is 0 Å². The van der Waals surface area contributed by atoms with E-state index in [1.54, 1.807) is 12.3 Å². The molecule has 0 bridgehead atoms. The highest BCUT2D eigenvalue weighted by atomic mass is 32.2. The first kappa shape index (κ1) is 13.2. The fraction of sp³-hybridized carbons (Fsp3) is 0.333. The van der Waals surface area contributed by atoms with Crippen molar-refractivity contribution < 1.29 is 13.5 Å². The molecule has 1 N–H and O–H groups in total. The normalized spacial score (nSPS) is 16.1. The summed E-state index contributed by atoms with van der Waals surface area (Å²) in [6.07, 6.45) is 4.88. The molecule has 1 aliphatic rings. The van der Waals surface area contributed by atoms with Crippen LogP contribution in [0.1, 0.15) is 11.4 Å². The lowest BCUT2D eigenvalue weighted by Crippen LogP contribution is -2.38. The van der Waals surface area contributed by atoms with Crippen LogP contribution in [0.15, 0.2) is 35.7 Å². The number of hydrogen-bond acceptors (Lipinski definition) is 5. The molecule has 0 aromatic carbocycles. The Morgan fingerprint density at radius 1 is 1.25 bits per heavy atom. The number of aromatic nitrogens is 3. The lowest BCUT2D eigenvalue weighted by Gasteiger charge is -2.26. The Labute approximate surface area is 116 Å². The maximum Gasteiger partial charge on any atom is 0.260 e. The van der Waals surface area contributed by atoms with Crippen LogP contribution >= 0.6 is 0 Å². The third-order valence-corrected chi connectivity index (χ3v) is 5.06. The van der Waals surface area contributed by atoms with E-state index in [4.69, 9.17) is 5.11 Å². The highest BCUT2D eigenvalue weighted by Gasteiger charge is 2.29. The molecule has 0 saturated carbocycles. The standard InChI is InChI=1S/C12H14N4O3S/c17-9-10-1-2-12(14-7-10)20(18,19)16-6-5-15-4-3-13-11(15)8-16/h1-4,7,17H,5-6,8-9H2. The molecule has 0 aliphatic carbocycles. The summed E-state index contributed by atoms with van der Waals surface area (Å²) in [6.45, 7) is 1.08. The monoisotopic (exact) mass is 294 g/mol. The van der Waals surface area contributed by atoms with Crippen molar-refractivity contribution in [2.45, 2.75) is 24.7 Å². The number of aliphatic hydroxyl groups excluding tert-OH is 1. The molecule has 8 heteroatoms. The first-order chi connectivity index (χ1) is 9.61. The van der Waals surface area contributed by atoms with Crippen LogP contribution in [0.2, 0.25) is 0 Å². The van der Waals surface area contributed by atoms with Gasteiger partial charge in [0.05, 0.1) is 13.2 Å². The molecule has 106 valence electrons. The molecule has 0 fully saturated rings. The Bertz CT molecular complexity index is 709. The van der Waals surface area contributed by atoms with Gasteiger partial charge in [0, 0.05) is 31.7 Å². The second-order valence-electron chi connectivity index (χ2n) is 4.54. The highest BCUT2D eigenvalue weighted by molar-refractivity contribution is 7.89. The van der Waals surface area contributed by atoms with Crippen LogP contribution < -0.4 is 0 Å².